The first kappa shape index (κ1) is 40.7. The molecule has 0 aliphatic carbocycles. The van der Waals surface area contributed by atoms with Crippen molar-refractivity contribution in [2.75, 3.05) is 9.80 Å². The standard InChI is InChI=1S/C55H61BN2/c1-14-20-37(17-4)44-23-18-19-24-47(44)58-49-32-28-42(55(11,12)13)36-46(49)56-45-35-41(54(8,9)10)27-31-48(45)57(43-29-25-40(26-30-43)53(5,6)7)50-33-39(34-51(58)52(50)56)38(21-15-2)22-16-3/h14-15,17-36H,1,4,16H2,2-3,5-13H3/b21-15-,37-20+,38-22+. The molecule has 0 N–H and O–H groups in total. The molecule has 2 heterocycles. The fraction of sp³-hybridized carbons (Fsp3) is 0.273. The van der Waals surface area contributed by atoms with Gasteiger partial charge in [0.1, 0.15) is 0 Å². The second kappa shape index (κ2) is 15.3. The zero-order valence-electron chi connectivity index (χ0n) is 36.8. The van der Waals surface area contributed by atoms with Crippen LogP contribution in [0.4, 0.5) is 34.1 Å². The van der Waals surface area contributed by atoms with Crippen molar-refractivity contribution in [2.24, 2.45) is 0 Å². The lowest BCUT2D eigenvalue weighted by Gasteiger charge is -2.45. The van der Waals surface area contributed by atoms with Gasteiger partial charge in [-0.2, -0.15) is 0 Å². The third-order valence-electron chi connectivity index (χ3n) is 11.9. The number of fused-ring (bicyclic) bond motifs is 4. The van der Waals surface area contributed by atoms with Crippen molar-refractivity contribution in [3.8, 4) is 0 Å². The van der Waals surface area contributed by atoms with E-state index in [2.05, 4.69) is 220 Å². The average Bonchev–Trinajstić information content (AvgIpc) is 3.18. The van der Waals surface area contributed by atoms with Gasteiger partial charge in [-0.1, -0.05) is 173 Å². The van der Waals surface area contributed by atoms with Gasteiger partial charge < -0.3 is 9.80 Å². The molecule has 0 radical (unpaired) electrons. The van der Waals surface area contributed by atoms with Crippen molar-refractivity contribution < 1.29 is 0 Å². The quantitative estimate of drug-likeness (QED) is 0.112. The number of allylic oxidation sites excluding steroid dienone is 8. The Morgan fingerprint density at radius 3 is 1.66 bits per heavy atom. The molecule has 0 atom stereocenters. The summed E-state index contributed by atoms with van der Waals surface area (Å²) in [5.41, 5.74) is 19.6. The van der Waals surface area contributed by atoms with Gasteiger partial charge in [0.2, 0.25) is 0 Å². The van der Waals surface area contributed by atoms with Crippen LogP contribution in [-0.4, -0.2) is 6.71 Å². The van der Waals surface area contributed by atoms with Crippen LogP contribution in [0.5, 0.6) is 0 Å². The Balaban J connectivity index is 1.68. The zero-order chi connectivity index (χ0) is 41.7. The zero-order valence-corrected chi connectivity index (χ0v) is 36.8. The molecule has 0 aromatic heterocycles. The van der Waals surface area contributed by atoms with Gasteiger partial charge in [0.25, 0.3) is 6.71 Å². The van der Waals surface area contributed by atoms with Crippen LogP contribution in [0, 0.1) is 0 Å². The van der Waals surface area contributed by atoms with Crippen LogP contribution in [0.15, 0.2) is 147 Å². The molecule has 0 bridgehead atoms. The molecule has 5 aromatic rings. The van der Waals surface area contributed by atoms with Gasteiger partial charge in [0, 0.05) is 34.0 Å². The summed E-state index contributed by atoms with van der Waals surface area (Å²) in [7, 11) is 0. The highest BCUT2D eigenvalue weighted by molar-refractivity contribution is 7.00. The minimum atomic E-state index is -0.0363. The molecule has 0 spiro atoms. The summed E-state index contributed by atoms with van der Waals surface area (Å²) < 4.78 is 0. The van der Waals surface area contributed by atoms with E-state index in [0.29, 0.717) is 0 Å². The third kappa shape index (κ3) is 7.25. The summed E-state index contributed by atoms with van der Waals surface area (Å²) in [4.78, 5) is 5.08. The van der Waals surface area contributed by atoms with E-state index < -0.39 is 0 Å². The normalized spacial score (nSPS) is 14.4. The number of nitrogens with zero attached hydrogens (tertiary/aromatic N) is 2. The lowest BCUT2D eigenvalue weighted by atomic mass is 9.33. The molecule has 2 nitrogen and oxygen atoms in total. The van der Waals surface area contributed by atoms with E-state index in [1.54, 1.807) is 0 Å². The molecule has 0 unspecified atom stereocenters. The molecule has 2 aliphatic heterocycles. The summed E-state index contributed by atoms with van der Waals surface area (Å²) in [5, 5.41) is 0. The van der Waals surface area contributed by atoms with Crippen LogP contribution >= 0.6 is 0 Å². The Kier molecular flexibility index (Phi) is 10.7. The van der Waals surface area contributed by atoms with Gasteiger partial charge in [-0.15, -0.1) is 0 Å². The summed E-state index contributed by atoms with van der Waals surface area (Å²) in [6.45, 7) is 33.5. The minimum Gasteiger partial charge on any atom is -0.311 e. The molecule has 0 amide bonds. The Labute approximate surface area is 350 Å². The average molecular weight is 761 g/mol. The molecule has 7 rings (SSSR count). The maximum Gasteiger partial charge on any atom is 0.252 e. The van der Waals surface area contributed by atoms with Crippen molar-refractivity contribution >= 4 is 68.4 Å². The largest absolute Gasteiger partial charge is 0.311 e. The van der Waals surface area contributed by atoms with E-state index >= 15 is 0 Å². The molecule has 5 aromatic carbocycles. The highest BCUT2D eigenvalue weighted by Crippen LogP contribution is 2.48. The van der Waals surface area contributed by atoms with E-state index in [9.17, 15) is 0 Å². The van der Waals surface area contributed by atoms with Gasteiger partial charge in [0.05, 0.1) is 5.69 Å². The van der Waals surface area contributed by atoms with Gasteiger partial charge in [-0.05, 0) is 122 Å². The van der Waals surface area contributed by atoms with Crippen LogP contribution in [-0.2, 0) is 16.2 Å². The lowest BCUT2D eigenvalue weighted by Crippen LogP contribution is -2.61. The predicted octanol–water partition coefficient (Wildman–Crippen LogP) is 13.8. The Morgan fingerprint density at radius 2 is 1.14 bits per heavy atom. The number of hydrogen-bond acceptors (Lipinski definition) is 2. The van der Waals surface area contributed by atoms with Gasteiger partial charge >= 0.3 is 0 Å². The molecule has 0 saturated carbocycles. The topological polar surface area (TPSA) is 6.48 Å². The number of rotatable bonds is 8. The monoisotopic (exact) mass is 760 g/mol. The van der Waals surface area contributed by atoms with Crippen LogP contribution in [0.3, 0.4) is 0 Å². The number of anilines is 6. The van der Waals surface area contributed by atoms with Crippen LogP contribution < -0.4 is 26.2 Å². The maximum atomic E-state index is 4.26. The second-order valence-electron chi connectivity index (χ2n) is 19.0. The number of para-hydroxylation sites is 1. The Morgan fingerprint density at radius 1 is 0.603 bits per heavy atom. The van der Waals surface area contributed by atoms with Crippen LogP contribution in [0.1, 0.15) is 110 Å². The molecule has 58 heavy (non-hydrogen) atoms. The van der Waals surface area contributed by atoms with E-state index in [4.69, 9.17) is 0 Å². The Hall–Kier alpha value is -5.54. The van der Waals surface area contributed by atoms with Gasteiger partial charge in [0.15, 0.2) is 0 Å². The van der Waals surface area contributed by atoms with Crippen molar-refractivity contribution in [1.29, 1.82) is 0 Å². The van der Waals surface area contributed by atoms with Gasteiger partial charge in [-0.25, -0.2) is 0 Å². The first-order valence-electron chi connectivity index (χ1n) is 21.1. The molecular formula is C55H61BN2. The molecule has 294 valence electrons. The Bertz CT molecular complexity index is 2490. The van der Waals surface area contributed by atoms with Crippen LogP contribution in [0.25, 0.3) is 11.1 Å². The smallest absolute Gasteiger partial charge is 0.252 e. The molecule has 0 saturated heterocycles. The molecule has 0 fully saturated rings. The first-order chi connectivity index (χ1) is 27.5. The van der Waals surface area contributed by atoms with Crippen molar-refractivity contribution in [3.63, 3.8) is 0 Å². The fourth-order valence-corrected chi connectivity index (χ4v) is 8.74. The summed E-state index contributed by atoms with van der Waals surface area (Å²) >= 11 is 0. The summed E-state index contributed by atoms with van der Waals surface area (Å²) in [6.07, 6.45) is 13.6. The summed E-state index contributed by atoms with van der Waals surface area (Å²) in [6, 6.07) is 37.5. The van der Waals surface area contributed by atoms with E-state index in [1.807, 2.05) is 12.2 Å². The highest BCUT2D eigenvalue weighted by atomic mass is 15.2. The van der Waals surface area contributed by atoms with E-state index in [-0.39, 0.29) is 23.0 Å². The van der Waals surface area contributed by atoms with E-state index in [1.165, 1.54) is 67.0 Å². The van der Waals surface area contributed by atoms with Crippen molar-refractivity contribution in [1.82, 2.24) is 0 Å². The maximum absolute atomic E-state index is 4.26. The number of hydrogen-bond donors (Lipinski definition) is 0. The number of benzene rings is 5. The first-order valence-corrected chi connectivity index (χ1v) is 21.1. The van der Waals surface area contributed by atoms with E-state index in [0.717, 1.165) is 28.9 Å². The molecule has 2 aliphatic rings. The summed E-state index contributed by atoms with van der Waals surface area (Å²) in [5.74, 6) is 0. The SMILES string of the molecule is C=C/C=C(\C=C)c1ccccc1N1c2ccc(C(C)(C)C)cc2B2c3cc(C(C)(C)C)ccc3N(c3ccc(C(C)(C)C)cc3)c3cc(C(/C=C\C)=C/CC)cc1c32. The predicted molar refractivity (Wildman–Crippen MR) is 258 cm³/mol. The fourth-order valence-electron chi connectivity index (χ4n) is 8.74. The second-order valence-corrected chi connectivity index (χ2v) is 19.0. The minimum absolute atomic E-state index is 0.00470. The molecule has 3 heteroatoms. The highest BCUT2D eigenvalue weighted by Gasteiger charge is 2.45. The third-order valence-corrected chi connectivity index (χ3v) is 11.9. The molecular weight excluding hydrogens is 699 g/mol. The van der Waals surface area contributed by atoms with Crippen LogP contribution in [0.2, 0.25) is 0 Å². The van der Waals surface area contributed by atoms with Crippen molar-refractivity contribution in [2.45, 2.75) is 98.8 Å². The van der Waals surface area contributed by atoms with Gasteiger partial charge in [-0.3, -0.25) is 0 Å². The van der Waals surface area contributed by atoms with Crippen molar-refractivity contribution in [3.05, 3.63) is 174 Å². The lowest BCUT2D eigenvalue weighted by molar-refractivity contribution is 0.590.